The van der Waals surface area contributed by atoms with E-state index in [1.54, 1.807) is 30.6 Å². The van der Waals surface area contributed by atoms with E-state index in [9.17, 15) is 13.2 Å². The van der Waals surface area contributed by atoms with Crippen molar-refractivity contribution in [2.75, 3.05) is 23.9 Å². The van der Waals surface area contributed by atoms with E-state index in [2.05, 4.69) is 22.4 Å². The predicted octanol–water partition coefficient (Wildman–Crippen LogP) is 3.15. The zero-order chi connectivity index (χ0) is 23.1. The fourth-order valence-corrected chi connectivity index (χ4v) is 5.66. The number of carbonyl (C=O) groups excluding carboxylic acids is 1. The molecule has 1 aliphatic carbocycles. The molecule has 174 valence electrons. The highest BCUT2D eigenvalue weighted by molar-refractivity contribution is 7.90. The summed E-state index contributed by atoms with van der Waals surface area (Å²) in [6.07, 6.45) is 6.64. The summed E-state index contributed by atoms with van der Waals surface area (Å²) >= 11 is 6.28. The van der Waals surface area contributed by atoms with Crippen molar-refractivity contribution in [3.05, 3.63) is 35.6 Å². The number of rotatable bonds is 7. The van der Waals surface area contributed by atoms with Crippen molar-refractivity contribution < 1.29 is 17.9 Å². The minimum atomic E-state index is -3.11. The van der Waals surface area contributed by atoms with E-state index < -0.39 is 15.4 Å². The van der Waals surface area contributed by atoms with Gasteiger partial charge in [-0.15, -0.1) is 0 Å². The number of nitrogens with zero attached hydrogens (tertiary/aromatic N) is 4. The summed E-state index contributed by atoms with van der Waals surface area (Å²) in [5.74, 6) is 0.430. The maximum Gasteiger partial charge on any atom is 0.322 e. The van der Waals surface area contributed by atoms with E-state index >= 15 is 0 Å². The summed E-state index contributed by atoms with van der Waals surface area (Å²) in [6.45, 7) is 4.23. The average Bonchev–Trinajstić information content (AvgIpc) is 3.22. The number of anilines is 1. The van der Waals surface area contributed by atoms with Gasteiger partial charge in [-0.25, -0.2) is 13.2 Å². The molecule has 1 aromatic heterocycles. The zero-order valence-corrected chi connectivity index (χ0v) is 19.9. The Kier molecular flexibility index (Phi) is 6.21. The Morgan fingerprint density at radius 2 is 2.06 bits per heavy atom. The molecule has 2 aromatic rings. The van der Waals surface area contributed by atoms with Crippen LogP contribution in [0.25, 0.3) is 5.69 Å². The fraction of sp³-hybridized carbons (Fsp3) is 0.571. The van der Waals surface area contributed by atoms with Crippen molar-refractivity contribution in [3.8, 4) is 5.69 Å². The van der Waals surface area contributed by atoms with Crippen LogP contribution in [-0.4, -0.2) is 70.6 Å². The van der Waals surface area contributed by atoms with Gasteiger partial charge in [-0.05, 0) is 50.3 Å². The standard InChI is InChI=1S/C21H28ClN5O4S/c1-14-10-17-13-21(12-14,15(2)31-8-9-32(3,29)30)26(17)20(28)25-16-4-5-18(22)19(11-16)27-23-6-7-24-27/h4-7,11,14-15,17H,8-10,12-13H2,1-3H3,(H,25,28)/t14-,15?,17-,21+/m1/s1. The number of likely N-dealkylation sites (tertiary alicyclic amines) is 1. The molecule has 2 heterocycles. The van der Waals surface area contributed by atoms with Gasteiger partial charge in [0.25, 0.3) is 0 Å². The molecule has 2 bridgehead atoms. The highest BCUT2D eigenvalue weighted by Crippen LogP contribution is 2.52. The number of nitrogens with one attached hydrogen (secondary N) is 1. The van der Waals surface area contributed by atoms with Gasteiger partial charge < -0.3 is 15.0 Å². The number of benzene rings is 1. The second-order valence-electron chi connectivity index (χ2n) is 8.93. The quantitative estimate of drug-likeness (QED) is 0.651. The lowest BCUT2D eigenvalue weighted by molar-refractivity contribution is -0.162. The minimum Gasteiger partial charge on any atom is -0.375 e. The summed E-state index contributed by atoms with van der Waals surface area (Å²) in [6, 6.07) is 5.11. The monoisotopic (exact) mass is 481 g/mol. The van der Waals surface area contributed by atoms with E-state index in [0.29, 0.717) is 22.3 Å². The van der Waals surface area contributed by atoms with E-state index in [1.165, 1.54) is 11.1 Å². The van der Waals surface area contributed by atoms with Crippen molar-refractivity contribution in [2.45, 2.75) is 50.8 Å². The van der Waals surface area contributed by atoms with E-state index in [4.69, 9.17) is 16.3 Å². The molecule has 2 amide bonds. The SMILES string of the molecule is CC(OCCS(C)(=O)=O)[C@]12C[C@H](C)C[C@H](C1)N2C(=O)Nc1ccc(Cl)c(-n2nccn2)c1. The van der Waals surface area contributed by atoms with E-state index in [1.807, 2.05) is 11.8 Å². The van der Waals surface area contributed by atoms with Gasteiger partial charge in [-0.3, -0.25) is 0 Å². The highest BCUT2D eigenvalue weighted by Gasteiger charge is 2.61. The third kappa shape index (κ3) is 4.49. The topological polar surface area (TPSA) is 106 Å². The lowest BCUT2D eigenvalue weighted by Crippen LogP contribution is -2.76. The maximum atomic E-state index is 13.3. The zero-order valence-electron chi connectivity index (χ0n) is 18.4. The average molecular weight is 482 g/mol. The van der Waals surface area contributed by atoms with Crippen LogP contribution in [0.15, 0.2) is 30.6 Å². The Morgan fingerprint density at radius 1 is 1.34 bits per heavy atom. The number of halogens is 1. The molecule has 32 heavy (non-hydrogen) atoms. The van der Waals surface area contributed by atoms with Gasteiger partial charge in [0.15, 0.2) is 0 Å². The van der Waals surface area contributed by atoms with Crippen LogP contribution in [0.1, 0.15) is 33.1 Å². The lowest BCUT2D eigenvalue weighted by Gasteiger charge is -2.65. The molecule has 1 saturated heterocycles. The van der Waals surface area contributed by atoms with Gasteiger partial charge in [0.1, 0.15) is 15.5 Å². The number of hydrogen-bond acceptors (Lipinski definition) is 6. The third-order valence-corrected chi connectivity index (χ3v) is 7.67. The largest absolute Gasteiger partial charge is 0.375 e. The highest BCUT2D eigenvalue weighted by atomic mass is 35.5. The Morgan fingerprint density at radius 3 is 2.75 bits per heavy atom. The van der Waals surface area contributed by atoms with Gasteiger partial charge in [-0.1, -0.05) is 18.5 Å². The van der Waals surface area contributed by atoms with Crippen LogP contribution in [0, 0.1) is 5.92 Å². The van der Waals surface area contributed by atoms with Crippen LogP contribution in [0.5, 0.6) is 0 Å². The number of carbonyl (C=O) groups is 1. The summed E-state index contributed by atoms with van der Waals surface area (Å²) in [5, 5.41) is 11.7. The summed E-state index contributed by atoms with van der Waals surface area (Å²) < 4.78 is 28.9. The molecule has 9 nitrogen and oxygen atoms in total. The molecule has 2 fully saturated rings. The first-order valence-corrected chi connectivity index (χ1v) is 13.1. The number of fused-ring (bicyclic) bond motifs is 2. The molecule has 0 radical (unpaired) electrons. The Labute approximate surface area is 193 Å². The van der Waals surface area contributed by atoms with Gasteiger partial charge in [0.05, 0.1) is 41.4 Å². The molecule has 1 saturated carbocycles. The molecule has 1 unspecified atom stereocenters. The maximum absolute atomic E-state index is 13.3. The molecule has 2 aliphatic rings. The first-order valence-electron chi connectivity index (χ1n) is 10.6. The Hall–Kier alpha value is -2.17. The summed E-state index contributed by atoms with van der Waals surface area (Å²) in [7, 11) is -3.11. The number of amides is 2. The molecular formula is C21H28ClN5O4S. The molecule has 4 atom stereocenters. The normalized spacial score (nSPS) is 25.8. The summed E-state index contributed by atoms with van der Waals surface area (Å²) in [5.41, 5.74) is 0.715. The van der Waals surface area contributed by atoms with Crippen molar-refractivity contribution in [1.82, 2.24) is 19.9 Å². The first-order chi connectivity index (χ1) is 15.1. The van der Waals surface area contributed by atoms with Crippen molar-refractivity contribution in [1.29, 1.82) is 0 Å². The number of aromatic nitrogens is 3. The number of sulfone groups is 1. The van der Waals surface area contributed by atoms with E-state index in [0.717, 1.165) is 19.3 Å². The second kappa shape index (κ2) is 8.64. The molecule has 1 N–H and O–H groups in total. The van der Waals surface area contributed by atoms with Crippen LogP contribution >= 0.6 is 11.6 Å². The van der Waals surface area contributed by atoms with Gasteiger partial charge >= 0.3 is 6.03 Å². The number of piperidine rings is 1. The first kappa shape index (κ1) is 23.0. The Balaban J connectivity index is 1.50. The van der Waals surface area contributed by atoms with E-state index in [-0.39, 0.29) is 30.5 Å². The predicted molar refractivity (Wildman–Crippen MR) is 122 cm³/mol. The molecule has 11 heteroatoms. The van der Waals surface area contributed by atoms with Crippen LogP contribution in [0.4, 0.5) is 10.5 Å². The van der Waals surface area contributed by atoms with Crippen LogP contribution in [0.2, 0.25) is 5.02 Å². The van der Waals surface area contributed by atoms with Crippen LogP contribution in [0.3, 0.4) is 0 Å². The third-order valence-electron chi connectivity index (χ3n) is 6.44. The molecule has 1 aromatic carbocycles. The minimum absolute atomic E-state index is 0.0341. The molecular weight excluding hydrogens is 454 g/mol. The Bertz CT molecular complexity index is 1090. The molecule has 4 rings (SSSR count). The lowest BCUT2D eigenvalue weighted by atomic mass is 9.62. The van der Waals surface area contributed by atoms with Gasteiger partial charge in [0, 0.05) is 18.0 Å². The number of ether oxygens (including phenoxy) is 1. The fourth-order valence-electron chi connectivity index (χ4n) is 5.07. The van der Waals surface area contributed by atoms with Gasteiger partial charge in [0.2, 0.25) is 0 Å². The van der Waals surface area contributed by atoms with Gasteiger partial charge in [-0.2, -0.15) is 15.0 Å². The van der Waals surface area contributed by atoms with Crippen LogP contribution < -0.4 is 5.32 Å². The summed E-state index contributed by atoms with van der Waals surface area (Å²) in [4.78, 5) is 16.6. The molecule has 0 spiro atoms. The molecule has 1 aliphatic heterocycles. The van der Waals surface area contributed by atoms with Crippen LogP contribution in [-0.2, 0) is 14.6 Å². The van der Waals surface area contributed by atoms with Crippen molar-refractivity contribution in [3.63, 3.8) is 0 Å². The number of urea groups is 1. The second-order valence-corrected chi connectivity index (χ2v) is 11.6. The smallest absolute Gasteiger partial charge is 0.322 e. The van der Waals surface area contributed by atoms with Crippen molar-refractivity contribution >= 4 is 33.2 Å². The van der Waals surface area contributed by atoms with Crippen molar-refractivity contribution in [2.24, 2.45) is 5.92 Å². The number of hydrogen-bond donors (Lipinski definition) is 1.